The van der Waals surface area contributed by atoms with Crippen molar-refractivity contribution < 1.29 is 9.21 Å². The fraction of sp³-hybridized carbons (Fsp3) is 0.600. The zero-order valence-electron chi connectivity index (χ0n) is 8.37. The number of hydrogen-bond donors (Lipinski definition) is 0. The molecule has 0 spiro atoms. The highest BCUT2D eigenvalue weighted by Gasteiger charge is 2.36. The van der Waals surface area contributed by atoms with Crippen molar-refractivity contribution in [1.29, 1.82) is 0 Å². The normalized spacial score (nSPS) is 26.7. The highest BCUT2D eigenvalue weighted by atomic mass is 32.2. The lowest BCUT2D eigenvalue weighted by Crippen LogP contribution is -2.21. The first-order valence-corrected chi connectivity index (χ1v) is 5.82. The zero-order chi connectivity index (χ0) is 10.2. The van der Waals surface area contributed by atoms with Crippen LogP contribution in [-0.2, 0) is 5.41 Å². The number of thioether (sulfide) groups is 1. The second-order valence-electron chi connectivity index (χ2n) is 3.95. The Morgan fingerprint density at radius 2 is 2.43 bits per heavy atom. The van der Waals surface area contributed by atoms with E-state index in [9.17, 15) is 4.79 Å². The van der Waals surface area contributed by atoms with Gasteiger partial charge in [0.25, 0.3) is 0 Å². The van der Waals surface area contributed by atoms with E-state index in [0.29, 0.717) is 11.5 Å². The van der Waals surface area contributed by atoms with Crippen LogP contribution in [-0.4, -0.2) is 22.8 Å². The summed E-state index contributed by atoms with van der Waals surface area (Å²) in [5.41, 5.74) is 0.726. The predicted octanol–water partition coefficient (Wildman–Crippen LogP) is 2.19. The minimum atomic E-state index is 0.0245. The number of rotatable bonds is 2. The molecule has 0 N–H and O–H groups in total. The monoisotopic (exact) mass is 211 g/mol. The average Bonchev–Trinajstić information content (AvgIpc) is 2.73. The fourth-order valence-corrected chi connectivity index (χ4v) is 3.07. The molecule has 0 radical (unpaired) electrons. The summed E-state index contributed by atoms with van der Waals surface area (Å²) in [7, 11) is 0. The molecule has 1 unspecified atom stereocenters. The molecule has 14 heavy (non-hydrogen) atoms. The van der Waals surface area contributed by atoms with Gasteiger partial charge in [-0.3, -0.25) is 4.79 Å². The molecule has 1 fully saturated rings. The quantitative estimate of drug-likeness (QED) is 0.703. The summed E-state index contributed by atoms with van der Waals surface area (Å²) in [5.74, 6) is 3.28. The van der Waals surface area contributed by atoms with Gasteiger partial charge in [-0.2, -0.15) is 11.8 Å². The van der Waals surface area contributed by atoms with E-state index in [0.717, 1.165) is 30.1 Å². The number of aryl methyl sites for hydroxylation is 1. The number of hydrogen-bond acceptors (Lipinski definition) is 4. The lowest BCUT2D eigenvalue weighted by molar-refractivity contribution is 0.109. The summed E-state index contributed by atoms with van der Waals surface area (Å²) in [4.78, 5) is 14.9. The molecular formula is C10H13NO2S. The van der Waals surface area contributed by atoms with Gasteiger partial charge in [-0.05, 0) is 19.1 Å². The average molecular weight is 211 g/mol. The third-order valence-corrected chi connectivity index (χ3v) is 4.01. The van der Waals surface area contributed by atoms with Crippen LogP contribution < -0.4 is 0 Å². The Morgan fingerprint density at radius 1 is 1.64 bits per heavy atom. The van der Waals surface area contributed by atoms with Gasteiger partial charge in [0.05, 0.1) is 11.1 Å². The van der Waals surface area contributed by atoms with Gasteiger partial charge in [0, 0.05) is 5.75 Å². The van der Waals surface area contributed by atoms with E-state index in [1.54, 1.807) is 0 Å². The van der Waals surface area contributed by atoms with Crippen LogP contribution in [0.25, 0.3) is 0 Å². The van der Waals surface area contributed by atoms with Crippen molar-refractivity contribution in [3.05, 3.63) is 17.3 Å². The molecule has 3 nitrogen and oxygen atoms in total. The molecule has 2 heterocycles. The van der Waals surface area contributed by atoms with Crippen LogP contribution in [0.5, 0.6) is 0 Å². The van der Waals surface area contributed by atoms with Crippen molar-refractivity contribution in [2.75, 3.05) is 11.5 Å². The third-order valence-electron chi connectivity index (χ3n) is 2.67. The lowest BCUT2D eigenvalue weighted by Gasteiger charge is -2.17. The van der Waals surface area contributed by atoms with Gasteiger partial charge in [0.1, 0.15) is 0 Å². The van der Waals surface area contributed by atoms with Crippen LogP contribution in [0.2, 0.25) is 0 Å². The molecular weight excluding hydrogens is 198 g/mol. The van der Waals surface area contributed by atoms with Crippen LogP contribution in [0.1, 0.15) is 35.5 Å². The van der Waals surface area contributed by atoms with Crippen LogP contribution in [0.3, 0.4) is 0 Å². The highest BCUT2D eigenvalue weighted by molar-refractivity contribution is 7.99. The maximum atomic E-state index is 10.6. The molecule has 1 aromatic rings. The molecule has 1 saturated heterocycles. The second-order valence-corrected chi connectivity index (χ2v) is 5.05. The Labute approximate surface area is 87.3 Å². The lowest BCUT2D eigenvalue weighted by atomic mass is 9.90. The molecule has 4 heteroatoms. The predicted molar refractivity (Wildman–Crippen MR) is 55.9 cm³/mol. The van der Waals surface area contributed by atoms with E-state index in [4.69, 9.17) is 4.42 Å². The van der Waals surface area contributed by atoms with Gasteiger partial charge in [-0.15, -0.1) is 0 Å². The highest BCUT2D eigenvalue weighted by Crippen LogP contribution is 2.38. The summed E-state index contributed by atoms with van der Waals surface area (Å²) in [6.07, 6.45) is 1.81. The smallest absolute Gasteiger partial charge is 0.202 e. The fourth-order valence-electron chi connectivity index (χ4n) is 1.61. The Morgan fingerprint density at radius 3 is 2.93 bits per heavy atom. The van der Waals surface area contributed by atoms with E-state index in [-0.39, 0.29) is 5.41 Å². The van der Waals surface area contributed by atoms with E-state index < -0.39 is 0 Å². The third kappa shape index (κ3) is 1.47. The van der Waals surface area contributed by atoms with Crippen molar-refractivity contribution >= 4 is 18.0 Å². The van der Waals surface area contributed by atoms with E-state index >= 15 is 0 Å². The maximum absolute atomic E-state index is 10.6. The molecule has 0 saturated carbocycles. The second kappa shape index (κ2) is 3.42. The molecule has 2 rings (SSSR count). The van der Waals surface area contributed by atoms with Crippen molar-refractivity contribution in [3.8, 4) is 0 Å². The molecule has 76 valence electrons. The van der Waals surface area contributed by atoms with E-state index in [2.05, 4.69) is 11.9 Å². The van der Waals surface area contributed by atoms with Gasteiger partial charge in [-0.25, -0.2) is 4.98 Å². The standard InChI is InChI=1S/C10H13NO2S/c1-7-8(5-12)13-9(11-7)10(2)3-4-14-6-10/h5H,3-4,6H2,1-2H3. The number of oxazole rings is 1. The maximum Gasteiger partial charge on any atom is 0.202 e. The van der Waals surface area contributed by atoms with Crippen LogP contribution >= 0.6 is 11.8 Å². The molecule has 1 atom stereocenters. The Hall–Kier alpha value is -0.770. The van der Waals surface area contributed by atoms with Crippen molar-refractivity contribution in [1.82, 2.24) is 4.98 Å². The summed E-state index contributed by atoms with van der Waals surface area (Å²) < 4.78 is 5.46. The zero-order valence-corrected chi connectivity index (χ0v) is 9.19. The minimum Gasteiger partial charge on any atom is -0.437 e. The number of aldehydes is 1. The van der Waals surface area contributed by atoms with Crippen molar-refractivity contribution in [2.24, 2.45) is 0 Å². The number of carbonyl (C=O) groups excluding carboxylic acids is 1. The first kappa shape index (κ1) is 9.77. The summed E-state index contributed by atoms with van der Waals surface area (Å²) >= 11 is 1.91. The first-order chi connectivity index (χ1) is 6.65. The van der Waals surface area contributed by atoms with Gasteiger partial charge in [-0.1, -0.05) is 6.92 Å². The molecule has 1 aliphatic rings. The van der Waals surface area contributed by atoms with E-state index in [1.807, 2.05) is 18.7 Å². The van der Waals surface area contributed by atoms with E-state index in [1.165, 1.54) is 0 Å². The van der Waals surface area contributed by atoms with Gasteiger partial charge < -0.3 is 4.42 Å². The Kier molecular flexibility index (Phi) is 2.39. The SMILES string of the molecule is Cc1nc(C2(C)CCSC2)oc1C=O. The van der Waals surface area contributed by atoms with Crippen LogP contribution in [0.15, 0.2) is 4.42 Å². The van der Waals surface area contributed by atoms with Gasteiger partial charge in [0.15, 0.2) is 12.0 Å². The summed E-state index contributed by atoms with van der Waals surface area (Å²) in [6.45, 7) is 3.95. The summed E-state index contributed by atoms with van der Waals surface area (Å²) in [5, 5.41) is 0. The topological polar surface area (TPSA) is 43.1 Å². The Balaban J connectivity index is 2.36. The van der Waals surface area contributed by atoms with Gasteiger partial charge >= 0.3 is 0 Å². The largest absolute Gasteiger partial charge is 0.437 e. The van der Waals surface area contributed by atoms with Gasteiger partial charge in [0.2, 0.25) is 5.89 Å². The molecule has 0 aliphatic carbocycles. The minimum absolute atomic E-state index is 0.0245. The summed E-state index contributed by atoms with van der Waals surface area (Å²) in [6, 6.07) is 0. The number of nitrogens with zero attached hydrogens (tertiary/aromatic N) is 1. The molecule has 1 aliphatic heterocycles. The molecule has 0 aromatic carbocycles. The van der Waals surface area contributed by atoms with Crippen molar-refractivity contribution in [3.63, 3.8) is 0 Å². The number of aromatic nitrogens is 1. The molecule has 1 aromatic heterocycles. The van der Waals surface area contributed by atoms with Crippen LogP contribution in [0.4, 0.5) is 0 Å². The van der Waals surface area contributed by atoms with Crippen LogP contribution in [0, 0.1) is 6.92 Å². The molecule has 0 bridgehead atoms. The van der Waals surface area contributed by atoms with Crippen molar-refractivity contribution in [2.45, 2.75) is 25.7 Å². The Bertz CT molecular complexity index is 353. The first-order valence-electron chi connectivity index (χ1n) is 4.66. The number of carbonyl (C=O) groups is 1. The molecule has 0 amide bonds.